The standard InChI is InChI=1S/C18H26N2O/c1-2-3-4-5-6-7-14-20-18(21)17-12-8-10-16(15-17)11-9-13-19/h8,10,12,15H,2-7,13-14,19H2,1H3,(H,20,21). The molecule has 0 aliphatic carbocycles. The van der Waals surface area contributed by atoms with Gasteiger partial charge >= 0.3 is 0 Å². The summed E-state index contributed by atoms with van der Waals surface area (Å²) in [4.78, 5) is 12.0. The van der Waals surface area contributed by atoms with Crippen molar-refractivity contribution in [2.24, 2.45) is 5.73 Å². The highest BCUT2D eigenvalue weighted by Gasteiger charge is 2.04. The van der Waals surface area contributed by atoms with Gasteiger partial charge in [0, 0.05) is 17.7 Å². The van der Waals surface area contributed by atoms with E-state index < -0.39 is 0 Å². The largest absolute Gasteiger partial charge is 0.352 e. The van der Waals surface area contributed by atoms with Gasteiger partial charge in [-0.2, -0.15) is 0 Å². The normalized spacial score (nSPS) is 9.81. The molecule has 3 nitrogen and oxygen atoms in total. The summed E-state index contributed by atoms with van der Waals surface area (Å²) in [5.41, 5.74) is 6.83. The minimum Gasteiger partial charge on any atom is -0.352 e. The van der Waals surface area contributed by atoms with Crippen LogP contribution in [0.25, 0.3) is 0 Å². The lowest BCUT2D eigenvalue weighted by molar-refractivity contribution is 0.0953. The highest BCUT2D eigenvalue weighted by Crippen LogP contribution is 2.06. The molecule has 1 aromatic rings. The van der Waals surface area contributed by atoms with Gasteiger partial charge in [-0.3, -0.25) is 4.79 Å². The van der Waals surface area contributed by atoms with Crippen LogP contribution in [0.1, 0.15) is 61.4 Å². The fourth-order valence-electron chi connectivity index (χ4n) is 2.10. The molecular weight excluding hydrogens is 260 g/mol. The van der Waals surface area contributed by atoms with Crippen LogP contribution in [0.5, 0.6) is 0 Å². The fraction of sp³-hybridized carbons (Fsp3) is 0.500. The molecule has 0 fully saturated rings. The average Bonchev–Trinajstić information content (AvgIpc) is 2.52. The first-order chi connectivity index (χ1) is 10.3. The highest BCUT2D eigenvalue weighted by atomic mass is 16.1. The van der Waals surface area contributed by atoms with E-state index >= 15 is 0 Å². The van der Waals surface area contributed by atoms with Crippen LogP contribution in [-0.4, -0.2) is 19.0 Å². The second-order valence-electron chi connectivity index (χ2n) is 5.11. The monoisotopic (exact) mass is 286 g/mol. The maximum Gasteiger partial charge on any atom is 0.251 e. The number of hydrogen-bond acceptors (Lipinski definition) is 2. The molecule has 0 spiro atoms. The van der Waals surface area contributed by atoms with E-state index in [1.165, 1.54) is 32.1 Å². The number of nitrogens with two attached hydrogens (primary N) is 1. The van der Waals surface area contributed by atoms with E-state index in [1.807, 2.05) is 18.2 Å². The quantitative estimate of drug-likeness (QED) is 0.570. The average molecular weight is 286 g/mol. The van der Waals surface area contributed by atoms with E-state index in [4.69, 9.17) is 5.73 Å². The Kier molecular flexibility index (Phi) is 8.99. The molecule has 0 saturated carbocycles. The number of amides is 1. The number of rotatable bonds is 8. The van der Waals surface area contributed by atoms with E-state index in [2.05, 4.69) is 24.1 Å². The maximum absolute atomic E-state index is 12.0. The lowest BCUT2D eigenvalue weighted by Crippen LogP contribution is -2.24. The Hall–Kier alpha value is -1.79. The lowest BCUT2D eigenvalue weighted by Gasteiger charge is -2.05. The zero-order chi connectivity index (χ0) is 15.3. The van der Waals surface area contributed by atoms with Crippen LogP contribution in [0.2, 0.25) is 0 Å². The Morgan fingerprint density at radius 3 is 2.71 bits per heavy atom. The molecule has 0 aliphatic heterocycles. The van der Waals surface area contributed by atoms with Crippen LogP contribution in [0.4, 0.5) is 0 Å². The van der Waals surface area contributed by atoms with Crippen molar-refractivity contribution in [3.63, 3.8) is 0 Å². The van der Waals surface area contributed by atoms with Gasteiger partial charge in [0.1, 0.15) is 0 Å². The van der Waals surface area contributed by atoms with Crippen molar-refractivity contribution in [2.45, 2.75) is 45.4 Å². The molecule has 0 saturated heterocycles. The van der Waals surface area contributed by atoms with Gasteiger partial charge in [-0.25, -0.2) is 0 Å². The van der Waals surface area contributed by atoms with Crippen molar-refractivity contribution in [1.82, 2.24) is 5.32 Å². The lowest BCUT2D eigenvalue weighted by atomic mass is 10.1. The predicted molar refractivity (Wildman–Crippen MR) is 88.1 cm³/mol. The number of hydrogen-bond donors (Lipinski definition) is 2. The van der Waals surface area contributed by atoms with Gasteiger partial charge in [0.2, 0.25) is 0 Å². The van der Waals surface area contributed by atoms with Crippen LogP contribution >= 0.6 is 0 Å². The molecule has 0 radical (unpaired) electrons. The molecule has 0 unspecified atom stereocenters. The summed E-state index contributed by atoms with van der Waals surface area (Å²) in [6.45, 7) is 3.28. The van der Waals surface area contributed by atoms with Crippen LogP contribution in [0.3, 0.4) is 0 Å². The topological polar surface area (TPSA) is 55.1 Å². The Labute approximate surface area is 128 Å². The number of unbranched alkanes of at least 4 members (excludes halogenated alkanes) is 5. The van der Waals surface area contributed by atoms with Gasteiger partial charge in [0.15, 0.2) is 0 Å². The highest BCUT2D eigenvalue weighted by molar-refractivity contribution is 5.94. The Morgan fingerprint density at radius 2 is 1.95 bits per heavy atom. The third-order valence-electron chi connectivity index (χ3n) is 3.28. The summed E-state index contributed by atoms with van der Waals surface area (Å²) in [6, 6.07) is 7.34. The zero-order valence-corrected chi connectivity index (χ0v) is 13.0. The van der Waals surface area contributed by atoms with Crippen molar-refractivity contribution >= 4 is 5.91 Å². The first-order valence-corrected chi connectivity index (χ1v) is 7.85. The van der Waals surface area contributed by atoms with Crippen molar-refractivity contribution in [3.05, 3.63) is 35.4 Å². The van der Waals surface area contributed by atoms with Gasteiger partial charge < -0.3 is 11.1 Å². The van der Waals surface area contributed by atoms with E-state index in [1.54, 1.807) is 6.07 Å². The Balaban J connectivity index is 2.32. The molecule has 0 atom stereocenters. The van der Waals surface area contributed by atoms with E-state index in [9.17, 15) is 4.79 Å². The van der Waals surface area contributed by atoms with Crippen molar-refractivity contribution in [3.8, 4) is 11.8 Å². The van der Waals surface area contributed by atoms with Crippen LogP contribution < -0.4 is 11.1 Å². The van der Waals surface area contributed by atoms with Crippen molar-refractivity contribution in [1.29, 1.82) is 0 Å². The molecule has 1 amide bonds. The van der Waals surface area contributed by atoms with Gasteiger partial charge in [-0.15, -0.1) is 0 Å². The second kappa shape index (κ2) is 10.9. The first kappa shape index (κ1) is 17.3. The third kappa shape index (κ3) is 7.53. The summed E-state index contributed by atoms with van der Waals surface area (Å²) in [5.74, 6) is 5.71. The molecule has 1 rings (SSSR count). The van der Waals surface area contributed by atoms with Gasteiger partial charge in [0.25, 0.3) is 5.91 Å². The number of carbonyl (C=O) groups is 1. The number of benzene rings is 1. The molecule has 3 N–H and O–H groups in total. The molecule has 0 aromatic heterocycles. The molecule has 0 bridgehead atoms. The van der Waals surface area contributed by atoms with Gasteiger partial charge in [0.05, 0.1) is 6.54 Å². The summed E-state index contributed by atoms with van der Waals surface area (Å²) in [6.07, 6.45) is 7.35. The van der Waals surface area contributed by atoms with Crippen LogP contribution in [0.15, 0.2) is 24.3 Å². The Morgan fingerprint density at radius 1 is 1.19 bits per heavy atom. The number of carbonyl (C=O) groups excluding carboxylic acids is 1. The second-order valence-corrected chi connectivity index (χ2v) is 5.11. The SMILES string of the molecule is CCCCCCCCNC(=O)c1cccc(C#CCN)c1. The maximum atomic E-state index is 12.0. The summed E-state index contributed by atoms with van der Waals surface area (Å²) >= 11 is 0. The van der Waals surface area contributed by atoms with Crippen LogP contribution in [-0.2, 0) is 0 Å². The Bertz CT molecular complexity index is 485. The fourth-order valence-corrected chi connectivity index (χ4v) is 2.10. The minimum absolute atomic E-state index is 0.0278. The summed E-state index contributed by atoms with van der Waals surface area (Å²) in [5, 5.41) is 2.96. The van der Waals surface area contributed by atoms with Gasteiger partial charge in [-0.05, 0) is 24.6 Å². The summed E-state index contributed by atoms with van der Waals surface area (Å²) < 4.78 is 0. The van der Waals surface area contributed by atoms with E-state index in [0.717, 1.165) is 18.5 Å². The first-order valence-electron chi connectivity index (χ1n) is 7.85. The molecule has 114 valence electrons. The van der Waals surface area contributed by atoms with Crippen molar-refractivity contribution in [2.75, 3.05) is 13.1 Å². The zero-order valence-electron chi connectivity index (χ0n) is 13.0. The number of nitrogens with one attached hydrogen (secondary N) is 1. The van der Waals surface area contributed by atoms with Crippen molar-refractivity contribution < 1.29 is 4.79 Å². The molecule has 0 aliphatic rings. The van der Waals surface area contributed by atoms with E-state index in [0.29, 0.717) is 12.1 Å². The van der Waals surface area contributed by atoms with Crippen LogP contribution in [0, 0.1) is 11.8 Å². The third-order valence-corrected chi connectivity index (χ3v) is 3.28. The predicted octanol–water partition coefficient (Wildman–Crippen LogP) is 3.09. The molecule has 21 heavy (non-hydrogen) atoms. The molecule has 0 heterocycles. The smallest absolute Gasteiger partial charge is 0.251 e. The van der Waals surface area contributed by atoms with E-state index in [-0.39, 0.29) is 5.91 Å². The van der Waals surface area contributed by atoms with Gasteiger partial charge in [-0.1, -0.05) is 56.9 Å². The minimum atomic E-state index is -0.0278. The molecule has 3 heteroatoms. The molecule has 1 aromatic carbocycles. The summed E-state index contributed by atoms with van der Waals surface area (Å²) in [7, 11) is 0. The molecular formula is C18H26N2O.